The van der Waals surface area contributed by atoms with E-state index >= 15 is 0 Å². The Hall–Kier alpha value is -2.74. The Morgan fingerprint density at radius 3 is 1.54 bits per heavy atom. The molecule has 0 spiro atoms. The van der Waals surface area contributed by atoms with Crippen LogP contribution < -0.4 is 0 Å². The van der Waals surface area contributed by atoms with Crippen LogP contribution in [0.15, 0.2) is 72.9 Å². The number of allylic oxidation sites excluding steroid dienone is 8. The molecular weight excluding hydrogens is 677 g/mol. The Morgan fingerprint density at radius 2 is 1.02 bits per heavy atom. The van der Waals surface area contributed by atoms with E-state index in [2.05, 4.69) is 20.8 Å². The van der Waals surface area contributed by atoms with Gasteiger partial charge in [0, 0.05) is 12.8 Å². The maximum absolute atomic E-state index is 12.0. The molecule has 3 atom stereocenters. The normalized spacial score (nSPS) is 14.2. The van der Waals surface area contributed by atoms with Crippen LogP contribution in [0.3, 0.4) is 0 Å². The van der Waals surface area contributed by atoms with Crippen molar-refractivity contribution in [3.8, 4) is 0 Å². The van der Waals surface area contributed by atoms with Crippen molar-refractivity contribution in [1.29, 1.82) is 0 Å². The molecule has 0 amide bonds. The molecule has 0 saturated heterocycles. The van der Waals surface area contributed by atoms with E-state index < -0.39 is 24.3 Å². The van der Waals surface area contributed by atoms with Gasteiger partial charge in [0.15, 0.2) is 0 Å². The quantitative estimate of drug-likeness (QED) is 0.0250. The van der Waals surface area contributed by atoms with Crippen molar-refractivity contribution in [2.75, 3.05) is 13.2 Å². The predicted molar refractivity (Wildman–Crippen MR) is 226 cm³/mol. The summed E-state index contributed by atoms with van der Waals surface area (Å²) in [6.07, 6.45) is 46.1. The predicted octanol–water partition coefficient (Wildman–Crippen LogP) is 11.5. The molecule has 0 aliphatic carbocycles. The molecule has 0 unspecified atom stereocenters. The number of carbonyl (C=O) groups excluding carboxylic acids is 2. The molecule has 0 heterocycles. The van der Waals surface area contributed by atoms with E-state index in [4.69, 9.17) is 9.47 Å². The molecule has 7 nitrogen and oxygen atoms in total. The zero-order valence-electron chi connectivity index (χ0n) is 34.6. The van der Waals surface area contributed by atoms with Crippen molar-refractivity contribution in [2.45, 2.75) is 193 Å². The summed E-state index contributed by atoms with van der Waals surface area (Å²) < 4.78 is 10.3. The number of hydrogen-bond acceptors (Lipinski definition) is 7. The largest absolute Gasteiger partial charge is 0.463 e. The maximum Gasteiger partial charge on any atom is 0.305 e. The number of ether oxygens (including phenoxy) is 2. The summed E-state index contributed by atoms with van der Waals surface area (Å²) in [5.41, 5.74) is 0. The first-order valence-corrected chi connectivity index (χ1v) is 21.6. The second kappa shape index (κ2) is 39.9. The van der Waals surface area contributed by atoms with Gasteiger partial charge in [-0.25, -0.2) is 0 Å². The van der Waals surface area contributed by atoms with Gasteiger partial charge >= 0.3 is 11.9 Å². The highest BCUT2D eigenvalue weighted by atomic mass is 16.6. The second-order valence-electron chi connectivity index (χ2n) is 15.0. The van der Waals surface area contributed by atoms with Crippen molar-refractivity contribution < 1.29 is 34.4 Å². The average molecular weight is 757 g/mol. The Morgan fingerprint density at radius 1 is 0.537 bits per heavy atom. The molecular formula is C47H80O7. The highest BCUT2D eigenvalue weighted by Gasteiger charge is 2.12. The number of aliphatic hydroxyl groups is 3. The summed E-state index contributed by atoms with van der Waals surface area (Å²) >= 11 is 0. The summed E-state index contributed by atoms with van der Waals surface area (Å²) in [4.78, 5) is 24.0. The van der Waals surface area contributed by atoms with Gasteiger partial charge in [-0.15, -0.1) is 0 Å². The number of esters is 2. The zero-order valence-corrected chi connectivity index (χ0v) is 34.6. The van der Waals surface area contributed by atoms with Crippen molar-refractivity contribution in [1.82, 2.24) is 0 Å². The third-order valence-electron chi connectivity index (χ3n) is 9.06. The third kappa shape index (κ3) is 40.4. The molecule has 0 bridgehead atoms. The lowest BCUT2D eigenvalue weighted by atomic mass is 10.0. The molecule has 0 aromatic rings. The van der Waals surface area contributed by atoms with Gasteiger partial charge in [0.05, 0.1) is 12.2 Å². The first kappa shape index (κ1) is 51.3. The van der Waals surface area contributed by atoms with E-state index in [1.54, 1.807) is 24.3 Å². The fourth-order valence-corrected chi connectivity index (χ4v) is 5.78. The molecule has 0 fully saturated rings. The van der Waals surface area contributed by atoms with Gasteiger partial charge in [0.25, 0.3) is 0 Å². The van der Waals surface area contributed by atoms with Crippen LogP contribution in [0, 0.1) is 5.92 Å². The van der Waals surface area contributed by atoms with Crippen LogP contribution in [0.2, 0.25) is 0 Å². The Balaban J connectivity index is 3.66. The van der Waals surface area contributed by atoms with E-state index in [9.17, 15) is 24.9 Å². The van der Waals surface area contributed by atoms with Crippen molar-refractivity contribution >= 4 is 11.9 Å². The number of carbonyl (C=O) groups is 2. The number of unbranched alkanes of at least 4 members (excludes halogenated alkanes) is 16. The summed E-state index contributed by atoms with van der Waals surface area (Å²) in [7, 11) is 0. The molecule has 3 N–H and O–H groups in total. The van der Waals surface area contributed by atoms with Crippen LogP contribution in [-0.4, -0.2) is 58.8 Å². The van der Waals surface area contributed by atoms with Gasteiger partial charge in [0.2, 0.25) is 0 Å². The molecule has 0 aliphatic rings. The lowest BCUT2D eigenvalue weighted by Gasteiger charge is -2.12. The lowest BCUT2D eigenvalue weighted by Crippen LogP contribution is -2.25. The van der Waals surface area contributed by atoms with Gasteiger partial charge < -0.3 is 24.8 Å². The van der Waals surface area contributed by atoms with Crippen LogP contribution in [0.1, 0.15) is 175 Å². The van der Waals surface area contributed by atoms with Crippen molar-refractivity contribution in [3.63, 3.8) is 0 Å². The van der Waals surface area contributed by atoms with Crippen LogP contribution in [0.5, 0.6) is 0 Å². The second-order valence-corrected chi connectivity index (χ2v) is 15.0. The van der Waals surface area contributed by atoms with Crippen LogP contribution in [0.4, 0.5) is 0 Å². The molecule has 0 saturated carbocycles. The molecule has 0 aromatic carbocycles. The molecule has 0 radical (unpaired) electrons. The highest BCUT2D eigenvalue weighted by Crippen LogP contribution is 2.15. The first-order chi connectivity index (χ1) is 26.2. The van der Waals surface area contributed by atoms with Gasteiger partial charge in [-0.2, -0.15) is 0 Å². The first-order valence-electron chi connectivity index (χ1n) is 21.6. The third-order valence-corrected chi connectivity index (χ3v) is 9.06. The average Bonchev–Trinajstić information content (AvgIpc) is 3.14. The lowest BCUT2D eigenvalue weighted by molar-refractivity contribution is -0.152. The SMILES string of the molecule is CC/C=C\C[C@@H](O)/C=C/C=C\C/C=C\C=C\[C@@H](O)/C=C\CCCC(=O)OC[C@@H](O)COC(=O)CCCCCCCCCCCCCCCCCCC(C)C. The number of aliphatic hydroxyl groups excluding tert-OH is 3. The Labute approximate surface area is 330 Å². The highest BCUT2D eigenvalue weighted by molar-refractivity contribution is 5.69. The monoisotopic (exact) mass is 757 g/mol. The minimum Gasteiger partial charge on any atom is -0.463 e. The minimum absolute atomic E-state index is 0.176. The van der Waals surface area contributed by atoms with Crippen molar-refractivity contribution in [3.05, 3.63) is 72.9 Å². The smallest absolute Gasteiger partial charge is 0.305 e. The number of rotatable bonds is 37. The molecule has 7 heteroatoms. The molecule has 310 valence electrons. The fourth-order valence-electron chi connectivity index (χ4n) is 5.78. The number of hydrogen-bond donors (Lipinski definition) is 3. The van der Waals surface area contributed by atoms with Gasteiger partial charge in [-0.05, 0) is 44.4 Å². The summed E-state index contributed by atoms with van der Waals surface area (Å²) in [6, 6.07) is 0. The maximum atomic E-state index is 12.0. The summed E-state index contributed by atoms with van der Waals surface area (Å²) in [6.45, 7) is 6.31. The van der Waals surface area contributed by atoms with Gasteiger partial charge in [-0.1, -0.05) is 196 Å². The molecule has 0 aliphatic heterocycles. The van der Waals surface area contributed by atoms with Crippen LogP contribution in [0.25, 0.3) is 0 Å². The Kier molecular flexibility index (Phi) is 37.9. The van der Waals surface area contributed by atoms with Crippen LogP contribution in [-0.2, 0) is 19.1 Å². The van der Waals surface area contributed by atoms with Crippen molar-refractivity contribution in [2.24, 2.45) is 5.92 Å². The van der Waals surface area contributed by atoms with E-state index in [0.29, 0.717) is 25.7 Å². The standard InChI is InChI=1S/C47H80O7/c1-4-5-26-34-43(48)35-28-22-18-16-19-23-29-36-44(49)37-30-25-32-39-47(52)54-41-45(50)40-53-46(51)38-31-24-20-15-13-11-9-7-6-8-10-12-14-17-21-27-33-42(2)3/h5,18-19,22-23,26,28-30,35-37,42-45,48-50H,4,6-17,20-21,24-25,27,31-34,38-41H2,1-3H3/b22-18-,23-19-,26-5-,35-28+,36-29+,37-30-/t43-,44-,45+/m1/s1. The zero-order chi connectivity index (χ0) is 39.7. The Bertz CT molecular complexity index is 1040. The van der Waals surface area contributed by atoms with E-state index in [1.807, 2.05) is 48.6 Å². The van der Waals surface area contributed by atoms with Gasteiger partial charge in [0.1, 0.15) is 19.3 Å². The summed E-state index contributed by atoms with van der Waals surface area (Å²) in [5.74, 6) is 0.106. The minimum atomic E-state index is -1.04. The summed E-state index contributed by atoms with van der Waals surface area (Å²) in [5, 5.41) is 29.9. The fraction of sp³-hybridized carbons (Fsp3) is 0.702. The van der Waals surface area contributed by atoms with E-state index in [1.165, 1.54) is 89.9 Å². The van der Waals surface area contributed by atoms with E-state index in [0.717, 1.165) is 38.0 Å². The molecule has 54 heavy (non-hydrogen) atoms. The topological polar surface area (TPSA) is 113 Å². The van der Waals surface area contributed by atoms with E-state index in [-0.39, 0.29) is 25.6 Å². The van der Waals surface area contributed by atoms with Crippen LogP contribution >= 0.6 is 0 Å². The molecule has 0 aromatic heterocycles. The molecule has 0 rings (SSSR count). The van der Waals surface area contributed by atoms with Gasteiger partial charge in [-0.3, -0.25) is 9.59 Å².